The van der Waals surface area contributed by atoms with Crippen molar-refractivity contribution in [2.75, 3.05) is 5.32 Å². The minimum atomic E-state index is -0.464. The zero-order chi connectivity index (χ0) is 20.2. The zero-order valence-electron chi connectivity index (χ0n) is 15.1. The van der Waals surface area contributed by atoms with Gasteiger partial charge in [-0.05, 0) is 41.8 Å². The van der Waals surface area contributed by atoms with Gasteiger partial charge in [0.2, 0.25) is 0 Å². The zero-order valence-corrected chi connectivity index (χ0v) is 15.9. The van der Waals surface area contributed by atoms with Crippen molar-refractivity contribution < 1.29 is 14.4 Å². The molecule has 0 aliphatic rings. The van der Waals surface area contributed by atoms with E-state index in [1.54, 1.807) is 42.6 Å². The van der Waals surface area contributed by atoms with Gasteiger partial charge in [0.25, 0.3) is 17.7 Å². The quantitative estimate of drug-likeness (QED) is 0.391. The Balaban J connectivity index is 1.36. The Kier molecular flexibility index (Phi) is 5.08. The number of carbonyl (C=O) groups is 3. The number of hydrogen-bond acceptors (Lipinski definition) is 4. The van der Waals surface area contributed by atoms with E-state index in [0.29, 0.717) is 21.7 Å². The van der Waals surface area contributed by atoms with Gasteiger partial charge in [-0.2, -0.15) is 0 Å². The molecule has 7 nitrogen and oxygen atoms in total. The minimum absolute atomic E-state index is 0.205. The Morgan fingerprint density at radius 1 is 0.793 bits per heavy atom. The smallest absolute Gasteiger partial charge is 0.271 e. The lowest BCUT2D eigenvalue weighted by Crippen LogP contribution is -2.41. The van der Waals surface area contributed by atoms with Gasteiger partial charge in [0, 0.05) is 28.4 Å². The SMILES string of the molecule is O=C(NNC(=O)c1c[nH]c2ccccc12)c1ccc(NC(=O)c2cccs2)cc1. The normalized spacial score (nSPS) is 10.5. The summed E-state index contributed by atoms with van der Waals surface area (Å²) in [5, 5.41) is 5.36. The van der Waals surface area contributed by atoms with E-state index in [0.717, 1.165) is 10.9 Å². The van der Waals surface area contributed by atoms with Crippen LogP contribution in [0.2, 0.25) is 0 Å². The van der Waals surface area contributed by atoms with Crippen molar-refractivity contribution in [1.29, 1.82) is 0 Å². The highest BCUT2D eigenvalue weighted by Crippen LogP contribution is 2.17. The molecule has 4 aromatic rings. The third kappa shape index (κ3) is 4.02. The number of amides is 3. The van der Waals surface area contributed by atoms with Gasteiger partial charge in [-0.3, -0.25) is 25.2 Å². The summed E-state index contributed by atoms with van der Waals surface area (Å²) in [5.41, 5.74) is 7.00. The summed E-state index contributed by atoms with van der Waals surface area (Å²) in [6.45, 7) is 0. The van der Waals surface area contributed by atoms with Crippen molar-refractivity contribution in [2.24, 2.45) is 0 Å². The number of aromatic amines is 1. The van der Waals surface area contributed by atoms with Crippen LogP contribution in [0.25, 0.3) is 10.9 Å². The molecule has 4 rings (SSSR count). The predicted molar refractivity (Wildman–Crippen MR) is 112 cm³/mol. The molecule has 3 amide bonds. The number of anilines is 1. The van der Waals surface area contributed by atoms with Crippen LogP contribution in [-0.2, 0) is 0 Å². The summed E-state index contributed by atoms with van der Waals surface area (Å²) in [4.78, 5) is 40.3. The number of fused-ring (bicyclic) bond motifs is 1. The summed E-state index contributed by atoms with van der Waals surface area (Å²) in [6.07, 6.45) is 1.59. The molecule has 4 N–H and O–H groups in total. The van der Waals surface area contributed by atoms with Crippen molar-refractivity contribution >= 4 is 45.6 Å². The molecule has 0 bridgehead atoms. The first-order valence-corrected chi connectivity index (χ1v) is 9.61. The average molecular weight is 404 g/mol. The number of thiophene rings is 1. The number of aromatic nitrogens is 1. The third-order valence-electron chi connectivity index (χ3n) is 4.27. The highest BCUT2D eigenvalue weighted by Gasteiger charge is 2.13. The van der Waals surface area contributed by atoms with E-state index in [9.17, 15) is 14.4 Å². The van der Waals surface area contributed by atoms with Crippen LogP contribution < -0.4 is 16.2 Å². The highest BCUT2D eigenvalue weighted by atomic mass is 32.1. The summed E-state index contributed by atoms with van der Waals surface area (Å²) < 4.78 is 0. The first-order chi connectivity index (χ1) is 14.1. The monoisotopic (exact) mass is 404 g/mol. The van der Waals surface area contributed by atoms with Gasteiger partial charge in [0.15, 0.2) is 0 Å². The molecule has 29 heavy (non-hydrogen) atoms. The number of H-pyrrole nitrogens is 1. The molecular weight excluding hydrogens is 388 g/mol. The van der Waals surface area contributed by atoms with Gasteiger partial charge in [-0.15, -0.1) is 11.3 Å². The van der Waals surface area contributed by atoms with Gasteiger partial charge in [0.1, 0.15) is 0 Å². The topological polar surface area (TPSA) is 103 Å². The Labute approximate surface area is 169 Å². The van der Waals surface area contributed by atoms with Gasteiger partial charge in [0.05, 0.1) is 10.4 Å². The molecule has 0 spiro atoms. The molecule has 0 aliphatic heterocycles. The number of para-hydroxylation sites is 1. The molecule has 0 fully saturated rings. The summed E-state index contributed by atoms with van der Waals surface area (Å²) in [6, 6.07) is 17.3. The molecule has 0 atom stereocenters. The Hall–Kier alpha value is -3.91. The summed E-state index contributed by atoms with van der Waals surface area (Å²) >= 11 is 1.35. The molecular formula is C21H16N4O3S. The fraction of sp³-hybridized carbons (Fsp3) is 0. The maximum atomic E-state index is 12.4. The molecule has 0 unspecified atom stereocenters. The number of hydrazine groups is 1. The Morgan fingerprint density at radius 3 is 2.31 bits per heavy atom. The second kappa shape index (κ2) is 7.99. The van der Waals surface area contributed by atoms with Gasteiger partial charge in [-0.25, -0.2) is 0 Å². The van der Waals surface area contributed by atoms with E-state index >= 15 is 0 Å². The Morgan fingerprint density at radius 2 is 1.55 bits per heavy atom. The number of rotatable bonds is 4. The first kappa shape index (κ1) is 18.5. The van der Waals surface area contributed by atoms with Crippen LogP contribution in [0.4, 0.5) is 5.69 Å². The fourth-order valence-electron chi connectivity index (χ4n) is 2.82. The molecule has 2 aromatic heterocycles. The number of benzene rings is 2. The molecule has 8 heteroatoms. The summed E-state index contributed by atoms with van der Waals surface area (Å²) in [7, 11) is 0. The highest BCUT2D eigenvalue weighted by molar-refractivity contribution is 7.12. The van der Waals surface area contributed by atoms with Crippen LogP contribution in [0, 0.1) is 0 Å². The molecule has 2 heterocycles. The van der Waals surface area contributed by atoms with Crippen LogP contribution in [0.1, 0.15) is 30.4 Å². The second-order valence-electron chi connectivity index (χ2n) is 6.16. The lowest BCUT2D eigenvalue weighted by Gasteiger charge is -2.08. The van der Waals surface area contributed by atoms with E-state index in [1.807, 2.05) is 29.6 Å². The van der Waals surface area contributed by atoms with Crippen molar-refractivity contribution in [2.45, 2.75) is 0 Å². The van der Waals surface area contributed by atoms with E-state index in [2.05, 4.69) is 21.2 Å². The molecule has 0 saturated carbocycles. The molecule has 0 saturated heterocycles. The fourth-order valence-corrected chi connectivity index (χ4v) is 3.44. The molecule has 2 aromatic carbocycles. The average Bonchev–Trinajstić information content (AvgIpc) is 3.42. The summed E-state index contributed by atoms with van der Waals surface area (Å²) in [5.74, 6) is -1.09. The van der Waals surface area contributed by atoms with Crippen molar-refractivity contribution in [1.82, 2.24) is 15.8 Å². The van der Waals surface area contributed by atoms with Crippen LogP contribution in [0.5, 0.6) is 0 Å². The van der Waals surface area contributed by atoms with E-state index in [-0.39, 0.29) is 5.91 Å². The minimum Gasteiger partial charge on any atom is -0.360 e. The largest absolute Gasteiger partial charge is 0.360 e. The third-order valence-corrected chi connectivity index (χ3v) is 5.14. The second-order valence-corrected chi connectivity index (χ2v) is 7.11. The van der Waals surface area contributed by atoms with Gasteiger partial charge < -0.3 is 10.3 Å². The van der Waals surface area contributed by atoms with Crippen LogP contribution in [-0.4, -0.2) is 22.7 Å². The lowest BCUT2D eigenvalue weighted by atomic mass is 10.1. The van der Waals surface area contributed by atoms with Crippen LogP contribution >= 0.6 is 11.3 Å². The van der Waals surface area contributed by atoms with E-state index in [4.69, 9.17) is 0 Å². The van der Waals surface area contributed by atoms with Crippen LogP contribution in [0.15, 0.2) is 72.2 Å². The van der Waals surface area contributed by atoms with Crippen molar-refractivity contribution in [3.63, 3.8) is 0 Å². The van der Waals surface area contributed by atoms with Crippen LogP contribution in [0.3, 0.4) is 0 Å². The number of hydrogen-bond donors (Lipinski definition) is 4. The maximum Gasteiger partial charge on any atom is 0.271 e. The molecule has 144 valence electrons. The van der Waals surface area contributed by atoms with E-state index in [1.165, 1.54) is 11.3 Å². The number of nitrogens with one attached hydrogen (secondary N) is 4. The maximum absolute atomic E-state index is 12.4. The van der Waals surface area contributed by atoms with Crippen molar-refractivity contribution in [3.05, 3.63) is 88.2 Å². The number of carbonyl (C=O) groups excluding carboxylic acids is 3. The first-order valence-electron chi connectivity index (χ1n) is 8.73. The lowest BCUT2D eigenvalue weighted by molar-refractivity contribution is 0.0847. The van der Waals surface area contributed by atoms with Gasteiger partial charge in [-0.1, -0.05) is 24.3 Å². The standard InChI is InChI=1S/C21H16N4O3S/c26-19(24-25-20(27)16-12-22-17-5-2-1-4-15(16)17)13-7-9-14(10-8-13)23-21(28)18-6-3-11-29-18/h1-12,22H,(H,23,28)(H,24,26)(H,25,27). The molecule has 0 aliphatic carbocycles. The van der Waals surface area contributed by atoms with E-state index < -0.39 is 11.8 Å². The predicted octanol–water partition coefficient (Wildman–Crippen LogP) is 3.56. The molecule has 0 radical (unpaired) electrons. The Bertz CT molecular complexity index is 1180. The van der Waals surface area contributed by atoms with Gasteiger partial charge >= 0.3 is 0 Å². The van der Waals surface area contributed by atoms with Crippen molar-refractivity contribution in [3.8, 4) is 0 Å².